The first-order valence-corrected chi connectivity index (χ1v) is 5.45. The fourth-order valence-corrected chi connectivity index (χ4v) is 1.61. The van der Waals surface area contributed by atoms with Gasteiger partial charge in [-0.05, 0) is 31.9 Å². The zero-order chi connectivity index (χ0) is 11.3. The Morgan fingerprint density at radius 2 is 2.27 bits per heavy atom. The summed E-state index contributed by atoms with van der Waals surface area (Å²) in [5.74, 6) is 0. The molecule has 0 aliphatic carbocycles. The van der Waals surface area contributed by atoms with Crippen LogP contribution in [0.3, 0.4) is 0 Å². The molecule has 0 saturated heterocycles. The van der Waals surface area contributed by atoms with Crippen molar-refractivity contribution >= 4 is 0 Å². The van der Waals surface area contributed by atoms with Crippen molar-refractivity contribution in [3.05, 3.63) is 24.2 Å². The molecule has 0 radical (unpaired) electrons. The Hall–Kier alpha value is -0.800. The Balaban J connectivity index is 2.60. The summed E-state index contributed by atoms with van der Waals surface area (Å²) in [6, 6.07) is 1.87. The van der Waals surface area contributed by atoms with Crippen molar-refractivity contribution in [2.24, 2.45) is 0 Å². The Bertz CT molecular complexity index is 268. The van der Waals surface area contributed by atoms with Crippen LogP contribution >= 0.6 is 0 Å². The number of aliphatic hydroxyl groups excluding tert-OH is 1. The van der Waals surface area contributed by atoms with Gasteiger partial charge < -0.3 is 14.3 Å². The van der Waals surface area contributed by atoms with Crippen LogP contribution in [0.25, 0.3) is 0 Å². The Morgan fingerprint density at radius 1 is 1.53 bits per heavy atom. The van der Waals surface area contributed by atoms with Crippen molar-refractivity contribution in [3.8, 4) is 0 Å². The van der Waals surface area contributed by atoms with Crippen molar-refractivity contribution in [2.75, 3.05) is 6.61 Å². The minimum atomic E-state index is -0.500. The van der Waals surface area contributed by atoms with E-state index in [1.165, 1.54) is 0 Å². The average molecular weight is 212 g/mol. The number of hydrogen-bond donors (Lipinski definition) is 1. The molecule has 1 N–H and O–H groups in total. The Kier molecular flexibility index (Phi) is 4.36. The SMILES string of the molecule is CCOC(C)(CC)C(O)Cc1ccoc1. The topological polar surface area (TPSA) is 42.6 Å². The van der Waals surface area contributed by atoms with Crippen LogP contribution in [0, 0.1) is 0 Å². The van der Waals surface area contributed by atoms with Crippen LogP contribution in [0.1, 0.15) is 32.8 Å². The largest absolute Gasteiger partial charge is 0.472 e. The van der Waals surface area contributed by atoms with Crippen molar-refractivity contribution in [3.63, 3.8) is 0 Å². The molecule has 3 heteroatoms. The summed E-state index contributed by atoms with van der Waals surface area (Å²) in [5, 5.41) is 10.1. The van der Waals surface area contributed by atoms with Crippen LogP contribution in [0.4, 0.5) is 0 Å². The van der Waals surface area contributed by atoms with Gasteiger partial charge in [-0.1, -0.05) is 6.92 Å². The highest BCUT2D eigenvalue weighted by Crippen LogP contribution is 2.23. The molecule has 2 atom stereocenters. The fraction of sp³-hybridized carbons (Fsp3) is 0.667. The predicted molar refractivity (Wildman–Crippen MR) is 58.7 cm³/mol. The summed E-state index contributed by atoms with van der Waals surface area (Å²) >= 11 is 0. The first-order chi connectivity index (χ1) is 7.12. The van der Waals surface area contributed by atoms with Crippen molar-refractivity contribution < 1.29 is 14.3 Å². The summed E-state index contributed by atoms with van der Waals surface area (Å²) in [7, 11) is 0. The molecule has 1 aromatic rings. The van der Waals surface area contributed by atoms with Gasteiger partial charge in [-0.25, -0.2) is 0 Å². The monoisotopic (exact) mass is 212 g/mol. The summed E-state index contributed by atoms with van der Waals surface area (Å²) < 4.78 is 10.6. The highest BCUT2D eigenvalue weighted by atomic mass is 16.5. The van der Waals surface area contributed by atoms with Gasteiger partial charge in [0.05, 0.1) is 24.2 Å². The zero-order valence-electron chi connectivity index (χ0n) is 9.69. The molecule has 0 spiro atoms. The van der Waals surface area contributed by atoms with E-state index >= 15 is 0 Å². The van der Waals surface area contributed by atoms with Crippen molar-refractivity contribution in [1.29, 1.82) is 0 Å². The lowest BCUT2D eigenvalue weighted by Crippen LogP contribution is -2.42. The second-order valence-electron chi connectivity index (χ2n) is 3.95. The highest BCUT2D eigenvalue weighted by molar-refractivity contribution is 5.08. The van der Waals surface area contributed by atoms with Gasteiger partial charge in [0.2, 0.25) is 0 Å². The lowest BCUT2D eigenvalue weighted by molar-refractivity contribution is -0.110. The second kappa shape index (κ2) is 5.33. The zero-order valence-corrected chi connectivity index (χ0v) is 9.69. The van der Waals surface area contributed by atoms with E-state index in [4.69, 9.17) is 9.15 Å². The average Bonchev–Trinajstić information content (AvgIpc) is 2.70. The molecule has 1 heterocycles. The predicted octanol–water partition coefficient (Wildman–Crippen LogP) is 2.39. The van der Waals surface area contributed by atoms with Crippen molar-refractivity contribution in [2.45, 2.75) is 45.3 Å². The number of hydrogen-bond acceptors (Lipinski definition) is 3. The van der Waals surface area contributed by atoms with Crippen molar-refractivity contribution in [1.82, 2.24) is 0 Å². The lowest BCUT2D eigenvalue weighted by atomic mass is 9.91. The number of aliphatic hydroxyl groups is 1. The summed E-state index contributed by atoms with van der Waals surface area (Å²) in [5.41, 5.74) is 0.535. The van der Waals surface area contributed by atoms with Gasteiger partial charge in [0, 0.05) is 13.0 Å². The van der Waals surface area contributed by atoms with E-state index in [9.17, 15) is 5.11 Å². The molecule has 0 aliphatic heterocycles. The summed E-state index contributed by atoms with van der Waals surface area (Å²) in [6.07, 6.45) is 4.14. The first kappa shape index (κ1) is 12.3. The fourth-order valence-electron chi connectivity index (χ4n) is 1.61. The maximum atomic E-state index is 10.1. The van der Waals surface area contributed by atoms with Gasteiger partial charge in [-0.15, -0.1) is 0 Å². The molecule has 3 nitrogen and oxygen atoms in total. The molecule has 1 aromatic heterocycles. The van der Waals surface area contributed by atoms with Crippen LogP contribution < -0.4 is 0 Å². The minimum Gasteiger partial charge on any atom is -0.472 e. The molecular weight excluding hydrogens is 192 g/mol. The molecule has 15 heavy (non-hydrogen) atoms. The van der Waals surface area contributed by atoms with E-state index in [-0.39, 0.29) is 0 Å². The molecule has 0 bridgehead atoms. The third-order valence-electron chi connectivity index (χ3n) is 2.89. The van der Waals surface area contributed by atoms with E-state index in [1.54, 1.807) is 12.5 Å². The molecule has 0 amide bonds. The van der Waals surface area contributed by atoms with Crippen LogP contribution in [0.15, 0.2) is 23.0 Å². The number of rotatable bonds is 6. The van der Waals surface area contributed by atoms with Gasteiger partial charge in [0.15, 0.2) is 0 Å². The maximum absolute atomic E-state index is 10.1. The van der Waals surface area contributed by atoms with Gasteiger partial charge >= 0.3 is 0 Å². The Morgan fingerprint density at radius 3 is 2.73 bits per heavy atom. The molecule has 0 aromatic carbocycles. The molecule has 2 unspecified atom stereocenters. The highest BCUT2D eigenvalue weighted by Gasteiger charge is 2.31. The van der Waals surface area contributed by atoms with Gasteiger partial charge in [-0.2, -0.15) is 0 Å². The normalized spacial score (nSPS) is 17.3. The van der Waals surface area contributed by atoms with E-state index in [0.717, 1.165) is 12.0 Å². The maximum Gasteiger partial charge on any atom is 0.0935 e. The summed E-state index contributed by atoms with van der Waals surface area (Å²) in [4.78, 5) is 0. The van der Waals surface area contributed by atoms with Crippen LogP contribution in [-0.4, -0.2) is 23.4 Å². The number of ether oxygens (including phenoxy) is 1. The van der Waals surface area contributed by atoms with E-state index < -0.39 is 11.7 Å². The first-order valence-electron chi connectivity index (χ1n) is 5.45. The van der Waals surface area contributed by atoms with E-state index in [1.807, 2.05) is 26.8 Å². The quantitative estimate of drug-likeness (QED) is 0.787. The third-order valence-corrected chi connectivity index (χ3v) is 2.89. The third kappa shape index (κ3) is 3.08. The minimum absolute atomic E-state index is 0.466. The standard InChI is InChI=1S/C12H20O3/c1-4-12(3,15-5-2)11(13)8-10-6-7-14-9-10/h6-7,9,11,13H,4-5,8H2,1-3H3. The molecule has 0 fully saturated rings. The Labute approximate surface area is 91.1 Å². The molecule has 0 aliphatic rings. The van der Waals surface area contributed by atoms with E-state index in [2.05, 4.69) is 0 Å². The molecule has 1 rings (SSSR count). The van der Waals surface area contributed by atoms with E-state index in [0.29, 0.717) is 13.0 Å². The van der Waals surface area contributed by atoms with Gasteiger partial charge in [0.25, 0.3) is 0 Å². The summed E-state index contributed by atoms with van der Waals surface area (Å²) in [6.45, 7) is 6.53. The van der Waals surface area contributed by atoms with Crippen LogP contribution in [-0.2, 0) is 11.2 Å². The van der Waals surface area contributed by atoms with Gasteiger partial charge in [-0.3, -0.25) is 0 Å². The smallest absolute Gasteiger partial charge is 0.0935 e. The van der Waals surface area contributed by atoms with Crippen LogP contribution in [0.2, 0.25) is 0 Å². The second-order valence-corrected chi connectivity index (χ2v) is 3.95. The van der Waals surface area contributed by atoms with Gasteiger partial charge in [0.1, 0.15) is 0 Å². The molecule has 86 valence electrons. The van der Waals surface area contributed by atoms with Crippen LogP contribution in [0.5, 0.6) is 0 Å². The molecular formula is C12H20O3. The molecule has 0 saturated carbocycles. The number of furan rings is 1. The lowest BCUT2D eigenvalue weighted by Gasteiger charge is -2.33.